The zero-order valence-corrected chi connectivity index (χ0v) is 38.1. The molecule has 2 saturated carbocycles. The van der Waals surface area contributed by atoms with Crippen molar-refractivity contribution in [2.45, 2.75) is 154 Å². The molecule has 1 aromatic heterocycles. The average Bonchev–Trinajstić information content (AvgIpc) is 4.11. The molecule has 14 nitrogen and oxygen atoms in total. The van der Waals surface area contributed by atoms with Crippen LogP contribution in [0.5, 0.6) is 11.6 Å². The minimum absolute atomic E-state index is 0.0232. The zero-order valence-electron chi connectivity index (χ0n) is 37.3. The highest BCUT2D eigenvalue weighted by atomic mass is 32.2. The Hall–Kier alpha value is -4.61. The molecule has 62 heavy (non-hydrogen) atoms. The SMILES string of the molecule is CC.CCC.CC[C@@H]1C[C@H](C)CC/C=C\[C@@H]2C[C@@]2(C(=O)NS(=O)(=O)C2(C)CC2)NC(=O)[C@@H]2C[C@@H](Oc3nccc4cc(OC)ccc34)CN2C(=O)[C@H]1NC(=O)O[C@H](C)C(F)(F)F. The number of carbonyl (C=O) groups is 4. The van der Waals surface area contributed by atoms with Crippen LogP contribution in [0.15, 0.2) is 42.6 Å². The number of ether oxygens (including phenoxy) is 3. The third-order valence-electron chi connectivity index (χ3n) is 11.8. The van der Waals surface area contributed by atoms with Crippen molar-refractivity contribution in [2.75, 3.05) is 13.7 Å². The second-order valence-electron chi connectivity index (χ2n) is 16.8. The largest absolute Gasteiger partial charge is 0.497 e. The minimum Gasteiger partial charge on any atom is -0.497 e. The van der Waals surface area contributed by atoms with Gasteiger partial charge in [0.15, 0.2) is 6.10 Å². The Morgan fingerprint density at radius 1 is 1.10 bits per heavy atom. The first kappa shape index (κ1) is 50.0. The topological polar surface area (TPSA) is 182 Å². The molecule has 2 aromatic rings. The Morgan fingerprint density at radius 2 is 1.77 bits per heavy atom. The van der Waals surface area contributed by atoms with E-state index in [9.17, 15) is 40.8 Å². The number of hydrogen-bond donors (Lipinski definition) is 3. The number of hydrogen-bond acceptors (Lipinski definition) is 10. The summed E-state index contributed by atoms with van der Waals surface area (Å²) in [6, 6.07) is 4.31. The minimum atomic E-state index is -4.85. The first-order valence-electron chi connectivity index (χ1n) is 21.7. The van der Waals surface area contributed by atoms with Gasteiger partial charge in [0.2, 0.25) is 27.7 Å². The number of pyridine rings is 1. The Balaban J connectivity index is 0.00000162. The molecule has 3 heterocycles. The van der Waals surface area contributed by atoms with Crippen LogP contribution in [0.3, 0.4) is 0 Å². The first-order valence-corrected chi connectivity index (χ1v) is 23.2. The molecule has 18 heteroatoms. The lowest BCUT2D eigenvalue weighted by Crippen LogP contribution is -2.59. The maximum atomic E-state index is 14.8. The molecular weight excluding hydrogens is 832 g/mol. The lowest BCUT2D eigenvalue weighted by Gasteiger charge is -2.34. The van der Waals surface area contributed by atoms with Gasteiger partial charge in [0, 0.05) is 23.9 Å². The van der Waals surface area contributed by atoms with Gasteiger partial charge >= 0.3 is 12.3 Å². The third kappa shape index (κ3) is 11.7. The van der Waals surface area contributed by atoms with Crippen molar-refractivity contribution in [1.82, 2.24) is 25.2 Å². The average molecular weight is 896 g/mol. The van der Waals surface area contributed by atoms with Crippen LogP contribution in [-0.4, -0.2) is 96.5 Å². The number of sulfonamides is 1. The van der Waals surface area contributed by atoms with E-state index >= 15 is 0 Å². The summed E-state index contributed by atoms with van der Waals surface area (Å²) in [5, 5.41) is 6.57. The van der Waals surface area contributed by atoms with Crippen molar-refractivity contribution in [1.29, 1.82) is 0 Å². The van der Waals surface area contributed by atoms with E-state index in [-0.39, 0.29) is 31.2 Å². The molecule has 0 radical (unpaired) electrons. The first-order chi connectivity index (χ1) is 29.2. The number of allylic oxidation sites excluding steroid dienone is 1. The van der Waals surface area contributed by atoms with Gasteiger partial charge in [-0.15, -0.1) is 0 Å². The number of nitrogens with zero attached hydrogens (tertiary/aromatic N) is 2. The molecule has 3 N–H and O–H groups in total. The molecule has 6 rings (SSSR count). The maximum absolute atomic E-state index is 14.8. The van der Waals surface area contributed by atoms with Gasteiger partial charge in [-0.05, 0) is 93.9 Å². The van der Waals surface area contributed by atoms with Crippen molar-refractivity contribution in [3.63, 3.8) is 0 Å². The lowest BCUT2D eigenvalue weighted by atomic mass is 9.85. The van der Waals surface area contributed by atoms with E-state index in [1.165, 1.54) is 31.6 Å². The summed E-state index contributed by atoms with van der Waals surface area (Å²) in [4.78, 5) is 61.8. The second kappa shape index (κ2) is 20.7. The molecule has 4 amide bonds. The van der Waals surface area contributed by atoms with Crippen LogP contribution in [0.25, 0.3) is 10.8 Å². The molecule has 4 aliphatic rings. The smallest absolute Gasteiger partial charge is 0.425 e. The van der Waals surface area contributed by atoms with Gasteiger partial charge in [-0.1, -0.05) is 66.5 Å². The number of nitrogens with one attached hydrogen (secondary N) is 3. The molecule has 1 aromatic carbocycles. The number of alkyl halides is 3. The second-order valence-corrected chi connectivity index (χ2v) is 19.0. The Labute approximate surface area is 363 Å². The number of alkyl carbamates (subject to hydrolysis) is 1. The normalized spacial score (nSPS) is 28.0. The monoisotopic (exact) mass is 895 g/mol. The van der Waals surface area contributed by atoms with Crippen molar-refractivity contribution >= 4 is 44.6 Å². The predicted octanol–water partition coefficient (Wildman–Crippen LogP) is 7.36. The Bertz CT molecular complexity index is 2050. The molecular formula is C44H64F3N5O9S. The van der Waals surface area contributed by atoms with Crippen molar-refractivity contribution in [2.24, 2.45) is 17.8 Å². The molecule has 3 fully saturated rings. The Morgan fingerprint density at radius 3 is 2.39 bits per heavy atom. The van der Waals surface area contributed by atoms with Crippen LogP contribution in [0.2, 0.25) is 0 Å². The van der Waals surface area contributed by atoms with E-state index < -0.39 is 86.4 Å². The van der Waals surface area contributed by atoms with E-state index in [1.807, 2.05) is 26.8 Å². The number of methoxy groups -OCH3 is 1. The van der Waals surface area contributed by atoms with Gasteiger partial charge in [-0.3, -0.25) is 19.1 Å². The van der Waals surface area contributed by atoms with Gasteiger partial charge in [-0.2, -0.15) is 13.2 Å². The van der Waals surface area contributed by atoms with E-state index in [0.29, 0.717) is 56.6 Å². The number of fused-ring (bicyclic) bond motifs is 3. The summed E-state index contributed by atoms with van der Waals surface area (Å²) < 4.78 is 84.0. The maximum Gasteiger partial charge on any atom is 0.425 e. The number of amides is 4. The van der Waals surface area contributed by atoms with Crippen molar-refractivity contribution < 1.29 is 55.0 Å². The van der Waals surface area contributed by atoms with Gasteiger partial charge in [-0.25, -0.2) is 18.2 Å². The number of benzene rings is 1. The van der Waals surface area contributed by atoms with Gasteiger partial charge in [0.25, 0.3) is 5.91 Å². The summed E-state index contributed by atoms with van der Waals surface area (Å²) >= 11 is 0. The summed E-state index contributed by atoms with van der Waals surface area (Å²) in [5.41, 5.74) is -1.64. The van der Waals surface area contributed by atoms with Crippen LogP contribution >= 0.6 is 0 Å². The summed E-state index contributed by atoms with van der Waals surface area (Å²) in [6.07, 6.45) is -0.473. The van der Waals surface area contributed by atoms with E-state index in [0.717, 1.165) is 5.39 Å². The van der Waals surface area contributed by atoms with Crippen molar-refractivity contribution in [3.05, 3.63) is 42.6 Å². The standard InChI is InChI=1S/C39H50F3N5O9S.C3H8.C2H6/c1-6-24-17-22(2)9-7-8-10-26-20-38(26,35(50)46-57(52,53)37(4)14-15-37)45-32(48)30-19-28(56-33-29-12-11-27(54-5)18-25(29)13-16-43-33)21-47(30)34(49)31(24)44-36(51)55-23(3)39(40,41)42;1-3-2;1-2/h8,10-13,16,18,22-24,26,28,30-31H,6-7,9,14-15,17,19-21H2,1-5H3,(H,44,51)(H,45,48)(H,46,50);3H2,1-2H3;1-2H3/b10-8-;;/t22-,23-,24-,26-,28-,30+,31+,38-;;/m1../s1. The number of aromatic nitrogens is 1. The Kier molecular flexibility index (Phi) is 16.7. The summed E-state index contributed by atoms with van der Waals surface area (Å²) in [7, 11) is -2.54. The summed E-state index contributed by atoms with van der Waals surface area (Å²) in [6.45, 7) is 14.0. The zero-order chi connectivity index (χ0) is 46.2. The molecule has 346 valence electrons. The molecule has 2 aliphatic heterocycles. The van der Waals surface area contributed by atoms with Crippen LogP contribution in [-0.2, 0) is 29.1 Å². The van der Waals surface area contributed by atoms with E-state index in [4.69, 9.17) is 9.47 Å². The third-order valence-corrected chi connectivity index (χ3v) is 14.0. The fourth-order valence-corrected chi connectivity index (χ4v) is 9.02. The van der Waals surface area contributed by atoms with Crippen LogP contribution in [0.1, 0.15) is 113 Å². The van der Waals surface area contributed by atoms with Crippen LogP contribution < -0.4 is 24.8 Å². The predicted molar refractivity (Wildman–Crippen MR) is 229 cm³/mol. The van der Waals surface area contributed by atoms with Gasteiger partial charge < -0.3 is 29.7 Å². The molecule has 1 saturated heterocycles. The molecule has 0 spiro atoms. The van der Waals surface area contributed by atoms with Crippen LogP contribution in [0.4, 0.5) is 18.0 Å². The van der Waals surface area contributed by atoms with Gasteiger partial charge in [0.05, 0.1) is 18.4 Å². The molecule has 0 unspecified atom stereocenters. The fraction of sp³-hybridized carbons (Fsp3) is 0.659. The van der Waals surface area contributed by atoms with E-state index in [2.05, 4.69) is 38.9 Å². The van der Waals surface area contributed by atoms with Crippen LogP contribution in [0, 0.1) is 17.8 Å². The fourth-order valence-electron chi connectivity index (χ4n) is 7.71. The highest BCUT2D eigenvalue weighted by molar-refractivity contribution is 7.91. The number of carbonyl (C=O) groups excluding carboxylic acids is 4. The molecule has 8 atom stereocenters. The number of rotatable bonds is 9. The lowest BCUT2D eigenvalue weighted by molar-refractivity contribution is -0.197. The highest BCUT2D eigenvalue weighted by Crippen LogP contribution is 2.48. The quantitative estimate of drug-likeness (QED) is 0.215. The number of halogens is 3. The molecule has 2 aliphatic carbocycles. The van der Waals surface area contributed by atoms with E-state index in [1.54, 1.807) is 37.3 Å². The molecule has 0 bridgehead atoms. The summed E-state index contributed by atoms with van der Waals surface area (Å²) in [5.74, 6) is -2.75. The highest BCUT2D eigenvalue weighted by Gasteiger charge is 2.63. The van der Waals surface area contributed by atoms with Gasteiger partial charge in [0.1, 0.15) is 29.5 Å². The van der Waals surface area contributed by atoms with Crippen molar-refractivity contribution in [3.8, 4) is 11.6 Å².